The molecule has 10 heteroatoms. The van der Waals surface area contributed by atoms with Crippen molar-refractivity contribution in [2.75, 3.05) is 40.0 Å². The van der Waals surface area contributed by atoms with Gasteiger partial charge in [0.25, 0.3) is 0 Å². The predicted octanol–water partition coefficient (Wildman–Crippen LogP) is 2.36. The molecule has 1 aliphatic rings. The standard InChI is InChI=1S/C24H34N4O6/c1-3-33-24(31)28-13-10-19(11-14-28)27-23(30)6-4-12-26-22(29)7-5-15-34-20-9-8-18(17-25)16-21(20)32-2/h8-9,16,19H,3-7,10-15H2,1-2H3,(H,26,29)(H,27,30). The van der Waals surface area contributed by atoms with Crippen molar-refractivity contribution in [1.82, 2.24) is 15.5 Å². The van der Waals surface area contributed by atoms with Crippen molar-refractivity contribution in [1.29, 1.82) is 5.26 Å². The fourth-order valence-corrected chi connectivity index (χ4v) is 3.56. The fraction of sp³-hybridized carbons (Fsp3) is 0.583. The predicted molar refractivity (Wildman–Crippen MR) is 124 cm³/mol. The van der Waals surface area contributed by atoms with E-state index in [1.54, 1.807) is 30.0 Å². The van der Waals surface area contributed by atoms with E-state index in [1.165, 1.54) is 7.11 Å². The molecule has 3 amide bonds. The number of methoxy groups -OCH3 is 1. The summed E-state index contributed by atoms with van der Waals surface area (Å²) in [6.07, 6.45) is 2.83. The van der Waals surface area contributed by atoms with Crippen LogP contribution in [0, 0.1) is 11.3 Å². The zero-order chi connectivity index (χ0) is 24.8. The van der Waals surface area contributed by atoms with Gasteiger partial charge in [-0.2, -0.15) is 5.26 Å². The molecule has 2 N–H and O–H groups in total. The van der Waals surface area contributed by atoms with Gasteiger partial charge in [-0.05, 0) is 44.7 Å². The van der Waals surface area contributed by atoms with Gasteiger partial charge in [-0.25, -0.2) is 4.79 Å². The Balaban J connectivity index is 1.53. The summed E-state index contributed by atoms with van der Waals surface area (Å²) in [4.78, 5) is 37.5. The van der Waals surface area contributed by atoms with E-state index >= 15 is 0 Å². The average molecular weight is 475 g/mol. The van der Waals surface area contributed by atoms with E-state index in [2.05, 4.69) is 10.6 Å². The normalized spacial score (nSPS) is 13.5. The molecule has 186 valence electrons. The smallest absolute Gasteiger partial charge is 0.409 e. The number of hydrogen-bond donors (Lipinski definition) is 2. The van der Waals surface area contributed by atoms with Gasteiger partial charge < -0.3 is 29.7 Å². The molecule has 1 aliphatic heterocycles. The SMILES string of the molecule is CCOC(=O)N1CCC(NC(=O)CCCNC(=O)CCCOc2ccc(C#N)cc2OC)CC1. The van der Waals surface area contributed by atoms with Crippen molar-refractivity contribution in [2.45, 2.75) is 51.5 Å². The number of hydrogen-bond acceptors (Lipinski definition) is 7. The Hall–Kier alpha value is -3.48. The first-order valence-electron chi connectivity index (χ1n) is 11.7. The summed E-state index contributed by atoms with van der Waals surface area (Å²) in [6.45, 7) is 4.04. The van der Waals surface area contributed by atoms with E-state index in [0.29, 0.717) is 88.4 Å². The number of piperidine rings is 1. The summed E-state index contributed by atoms with van der Waals surface area (Å²) in [5.74, 6) is 0.863. The van der Waals surface area contributed by atoms with Crippen LogP contribution in [0.5, 0.6) is 11.5 Å². The lowest BCUT2D eigenvalue weighted by Gasteiger charge is -2.31. The highest BCUT2D eigenvalue weighted by molar-refractivity contribution is 5.77. The molecule has 1 aromatic rings. The van der Waals surface area contributed by atoms with E-state index < -0.39 is 0 Å². The van der Waals surface area contributed by atoms with Gasteiger partial charge in [0.15, 0.2) is 11.5 Å². The summed E-state index contributed by atoms with van der Waals surface area (Å²) in [5, 5.41) is 14.7. The molecule has 0 spiro atoms. The molecule has 2 rings (SSSR count). The lowest BCUT2D eigenvalue weighted by Crippen LogP contribution is -2.46. The maximum Gasteiger partial charge on any atom is 0.409 e. The van der Waals surface area contributed by atoms with Crippen molar-refractivity contribution < 1.29 is 28.6 Å². The fourth-order valence-electron chi connectivity index (χ4n) is 3.56. The van der Waals surface area contributed by atoms with Crippen LogP contribution in [0.2, 0.25) is 0 Å². The number of rotatable bonds is 12. The lowest BCUT2D eigenvalue weighted by molar-refractivity contribution is -0.123. The first kappa shape index (κ1) is 26.8. The Kier molecular flexibility index (Phi) is 11.5. The molecular formula is C24H34N4O6. The molecule has 1 aromatic carbocycles. The average Bonchev–Trinajstić information content (AvgIpc) is 2.85. The molecule has 1 saturated heterocycles. The first-order chi connectivity index (χ1) is 16.5. The molecule has 0 aromatic heterocycles. The maximum atomic E-state index is 12.1. The summed E-state index contributed by atoms with van der Waals surface area (Å²) in [7, 11) is 1.51. The van der Waals surface area contributed by atoms with Gasteiger partial charge in [0.05, 0.1) is 32.0 Å². The zero-order valence-corrected chi connectivity index (χ0v) is 19.9. The lowest BCUT2D eigenvalue weighted by atomic mass is 10.1. The minimum Gasteiger partial charge on any atom is -0.493 e. The van der Waals surface area contributed by atoms with Crippen molar-refractivity contribution >= 4 is 17.9 Å². The van der Waals surface area contributed by atoms with Crippen LogP contribution in [-0.2, 0) is 14.3 Å². The third-order valence-corrected chi connectivity index (χ3v) is 5.39. The van der Waals surface area contributed by atoms with Crippen molar-refractivity contribution in [3.8, 4) is 17.6 Å². The Morgan fingerprint density at radius 1 is 1.12 bits per heavy atom. The van der Waals surface area contributed by atoms with Gasteiger partial charge >= 0.3 is 6.09 Å². The van der Waals surface area contributed by atoms with Gasteiger partial charge in [-0.3, -0.25) is 9.59 Å². The second-order valence-corrected chi connectivity index (χ2v) is 7.91. The van der Waals surface area contributed by atoms with Gasteiger partial charge in [0.1, 0.15) is 0 Å². The number of nitrogens with one attached hydrogen (secondary N) is 2. The highest BCUT2D eigenvalue weighted by Gasteiger charge is 2.24. The van der Waals surface area contributed by atoms with Crippen LogP contribution in [0.15, 0.2) is 18.2 Å². The second-order valence-electron chi connectivity index (χ2n) is 7.91. The molecule has 0 bridgehead atoms. The summed E-state index contributed by atoms with van der Waals surface area (Å²) < 4.78 is 15.9. The molecule has 0 radical (unpaired) electrons. The first-order valence-corrected chi connectivity index (χ1v) is 11.7. The van der Waals surface area contributed by atoms with E-state index in [4.69, 9.17) is 19.5 Å². The maximum absolute atomic E-state index is 12.1. The number of likely N-dealkylation sites (tertiary alicyclic amines) is 1. The molecule has 1 fully saturated rings. The van der Waals surface area contributed by atoms with Crippen LogP contribution in [0.3, 0.4) is 0 Å². The highest BCUT2D eigenvalue weighted by atomic mass is 16.6. The summed E-state index contributed by atoms with van der Waals surface area (Å²) in [6, 6.07) is 7.02. The number of carbonyl (C=O) groups excluding carboxylic acids is 3. The van der Waals surface area contributed by atoms with Crippen LogP contribution in [0.25, 0.3) is 0 Å². The molecule has 0 saturated carbocycles. The van der Waals surface area contributed by atoms with Crippen LogP contribution >= 0.6 is 0 Å². The Bertz CT molecular complexity index is 862. The third-order valence-electron chi connectivity index (χ3n) is 5.39. The third kappa shape index (κ3) is 9.17. The van der Waals surface area contributed by atoms with Crippen LogP contribution in [0.1, 0.15) is 51.0 Å². The second kappa shape index (κ2) is 14.6. The molecule has 34 heavy (non-hydrogen) atoms. The van der Waals surface area contributed by atoms with Gasteiger partial charge in [0, 0.05) is 44.6 Å². The number of benzene rings is 1. The number of nitriles is 1. The molecule has 0 aliphatic carbocycles. The van der Waals surface area contributed by atoms with Crippen LogP contribution < -0.4 is 20.1 Å². The number of nitrogens with zero attached hydrogens (tertiary/aromatic N) is 2. The van der Waals surface area contributed by atoms with E-state index in [9.17, 15) is 14.4 Å². The van der Waals surface area contributed by atoms with Crippen molar-refractivity contribution in [3.63, 3.8) is 0 Å². The number of carbonyl (C=O) groups is 3. The Morgan fingerprint density at radius 2 is 1.85 bits per heavy atom. The van der Waals surface area contributed by atoms with Gasteiger partial charge in [-0.15, -0.1) is 0 Å². The number of amides is 3. The minimum absolute atomic E-state index is 0.0476. The van der Waals surface area contributed by atoms with Crippen molar-refractivity contribution in [2.24, 2.45) is 0 Å². The largest absolute Gasteiger partial charge is 0.493 e. The quantitative estimate of drug-likeness (QED) is 0.445. The Morgan fingerprint density at radius 3 is 2.53 bits per heavy atom. The highest BCUT2D eigenvalue weighted by Crippen LogP contribution is 2.27. The summed E-state index contributed by atoms with van der Waals surface area (Å²) in [5.41, 5.74) is 0.483. The van der Waals surface area contributed by atoms with E-state index in [-0.39, 0.29) is 23.9 Å². The number of ether oxygens (including phenoxy) is 3. The van der Waals surface area contributed by atoms with E-state index in [1.807, 2.05) is 6.07 Å². The molecule has 0 unspecified atom stereocenters. The monoisotopic (exact) mass is 474 g/mol. The topological polar surface area (TPSA) is 130 Å². The molecule has 0 atom stereocenters. The minimum atomic E-state index is -0.302. The van der Waals surface area contributed by atoms with E-state index in [0.717, 1.165) is 0 Å². The van der Waals surface area contributed by atoms with Crippen LogP contribution in [0.4, 0.5) is 4.79 Å². The van der Waals surface area contributed by atoms with Gasteiger partial charge in [0.2, 0.25) is 11.8 Å². The van der Waals surface area contributed by atoms with Crippen LogP contribution in [-0.4, -0.2) is 68.8 Å². The molecular weight excluding hydrogens is 440 g/mol. The molecule has 10 nitrogen and oxygen atoms in total. The Labute approximate surface area is 200 Å². The zero-order valence-electron chi connectivity index (χ0n) is 19.9. The van der Waals surface area contributed by atoms with Crippen molar-refractivity contribution in [3.05, 3.63) is 23.8 Å². The summed E-state index contributed by atoms with van der Waals surface area (Å²) >= 11 is 0. The van der Waals surface area contributed by atoms with Gasteiger partial charge in [-0.1, -0.05) is 0 Å². The molecule has 1 heterocycles.